The predicted octanol–water partition coefficient (Wildman–Crippen LogP) is 5.25. The van der Waals surface area contributed by atoms with E-state index in [1.54, 1.807) is 31.0 Å². The largest absolute Gasteiger partial charge is 0.364 e. The number of halogens is 4. The first-order valence-corrected chi connectivity index (χ1v) is 10.8. The Morgan fingerprint density at radius 1 is 1.31 bits per heavy atom. The van der Waals surface area contributed by atoms with Gasteiger partial charge in [0.1, 0.15) is 21.4 Å². The summed E-state index contributed by atoms with van der Waals surface area (Å²) in [6, 6.07) is 3.56. The summed E-state index contributed by atoms with van der Waals surface area (Å²) in [5, 5.41) is 10.7. The maximum atomic E-state index is 15.4. The van der Waals surface area contributed by atoms with Crippen molar-refractivity contribution in [3.05, 3.63) is 79.8 Å². The van der Waals surface area contributed by atoms with Crippen LogP contribution >= 0.6 is 34.5 Å². The number of benzene rings is 1. The summed E-state index contributed by atoms with van der Waals surface area (Å²) < 4.78 is 36.7. The van der Waals surface area contributed by atoms with Crippen LogP contribution in [0.5, 0.6) is 0 Å². The van der Waals surface area contributed by atoms with Crippen molar-refractivity contribution in [3.63, 3.8) is 0 Å². The maximum absolute atomic E-state index is 15.4. The molecule has 32 heavy (non-hydrogen) atoms. The minimum atomic E-state index is -1.01. The highest BCUT2D eigenvalue weighted by atomic mass is 35.5. The SMILES string of the molecule is Cn1cc(C(C)(Cc2c(F)ccc(NC(=O)c3ccon3)c2F)c2nc(Cl)c(Cl)s2)cn1. The minimum Gasteiger partial charge on any atom is -0.364 e. The maximum Gasteiger partial charge on any atom is 0.277 e. The molecule has 7 nitrogen and oxygen atoms in total. The van der Waals surface area contributed by atoms with Crippen molar-refractivity contribution in [1.82, 2.24) is 19.9 Å². The van der Waals surface area contributed by atoms with E-state index in [4.69, 9.17) is 23.2 Å². The Kier molecular flexibility index (Phi) is 6.02. The van der Waals surface area contributed by atoms with Crippen LogP contribution in [0.15, 0.2) is 41.4 Å². The summed E-state index contributed by atoms with van der Waals surface area (Å²) >= 11 is 13.3. The van der Waals surface area contributed by atoms with Crippen LogP contribution in [0.1, 0.15) is 33.5 Å². The van der Waals surface area contributed by atoms with E-state index in [-0.39, 0.29) is 32.9 Å². The highest BCUT2D eigenvalue weighted by molar-refractivity contribution is 7.16. The highest BCUT2D eigenvalue weighted by Gasteiger charge is 2.37. The Balaban J connectivity index is 1.76. The first-order chi connectivity index (χ1) is 15.2. The molecule has 1 atom stereocenters. The van der Waals surface area contributed by atoms with Crippen molar-refractivity contribution in [2.24, 2.45) is 7.05 Å². The van der Waals surface area contributed by atoms with Crippen LogP contribution in [0, 0.1) is 11.6 Å². The quantitative estimate of drug-likeness (QED) is 0.393. The number of rotatable bonds is 6. The molecule has 1 unspecified atom stereocenters. The van der Waals surface area contributed by atoms with Gasteiger partial charge in [0.25, 0.3) is 5.91 Å². The van der Waals surface area contributed by atoms with Gasteiger partial charge in [0, 0.05) is 30.4 Å². The van der Waals surface area contributed by atoms with Gasteiger partial charge in [-0.15, -0.1) is 11.3 Å². The molecule has 0 aliphatic heterocycles. The summed E-state index contributed by atoms with van der Waals surface area (Å²) in [6.07, 6.45) is 4.40. The Labute approximate surface area is 195 Å². The Hall–Kier alpha value is -2.82. The lowest BCUT2D eigenvalue weighted by molar-refractivity contribution is 0.101. The number of amides is 1. The number of hydrogen-bond acceptors (Lipinski definition) is 6. The van der Waals surface area contributed by atoms with E-state index in [2.05, 4.69) is 25.1 Å². The molecule has 0 aliphatic rings. The van der Waals surface area contributed by atoms with Gasteiger partial charge < -0.3 is 9.84 Å². The van der Waals surface area contributed by atoms with Gasteiger partial charge in [-0.2, -0.15) is 5.10 Å². The fourth-order valence-electron chi connectivity index (χ4n) is 3.25. The van der Waals surface area contributed by atoms with Gasteiger partial charge in [0.05, 0.1) is 17.3 Å². The first kappa shape index (κ1) is 22.4. The zero-order chi connectivity index (χ0) is 23.0. The van der Waals surface area contributed by atoms with Crippen molar-refractivity contribution >= 4 is 46.1 Å². The molecule has 0 aliphatic carbocycles. The van der Waals surface area contributed by atoms with E-state index in [0.717, 1.165) is 23.5 Å². The van der Waals surface area contributed by atoms with Crippen molar-refractivity contribution in [2.75, 3.05) is 5.32 Å². The Morgan fingerprint density at radius 2 is 2.09 bits per heavy atom. The van der Waals surface area contributed by atoms with E-state index in [1.165, 1.54) is 12.3 Å². The standard InChI is InChI=1S/C20H15Cl2F2N5O2S/c1-20(10-8-25-29(2)9-10,19-27-16(21)17(22)32-19)7-11-12(23)3-4-13(15(11)24)26-18(30)14-5-6-31-28-14/h3-6,8-9H,7H2,1-2H3,(H,26,30). The molecule has 4 rings (SSSR count). The molecule has 0 radical (unpaired) electrons. The molecule has 4 aromatic rings. The van der Waals surface area contributed by atoms with E-state index in [1.807, 2.05) is 0 Å². The van der Waals surface area contributed by atoms with Crippen LogP contribution < -0.4 is 5.32 Å². The van der Waals surface area contributed by atoms with Crippen LogP contribution in [-0.2, 0) is 18.9 Å². The van der Waals surface area contributed by atoms with Gasteiger partial charge in [-0.3, -0.25) is 9.48 Å². The monoisotopic (exact) mass is 497 g/mol. The van der Waals surface area contributed by atoms with E-state index in [9.17, 15) is 9.18 Å². The summed E-state index contributed by atoms with van der Waals surface area (Å²) in [5.41, 5.74) is -0.818. The number of aryl methyl sites for hydroxylation is 1. The molecule has 0 fully saturated rings. The van der Waals surface area contributed by atoms with E-state index < -0.39 is 23.0 Å². The normalized spacial score (nSPS) is 13.2. The molecule has 0 saturated heterocycles. The molecule has 1 N–H and O–H groups in total. The fourth-order valence-corrected chi connectivity index (χ4v) is 4.62. The van der Waals surface area contributed by atoms with Crippen molar-refractivity contribution in [3.8, 4) is 0 Å². The number of anilines is 1. The van der Waals surface area contributed by atoms with Crippen LogP contribution in [0.25, 0.3) is 0 Å². The molecule has 1 amide bonds. The average Bonchev–Trinajstić information content (AvgIpc) is 3.50. The third-order valence-corrected chi connectivity index (χ3v) is 7.00. The number of carbonyl (C=O) groups excluding carboxylic acids is 1. The van der Waals surface area contributed by atoms with Crippen molar-refractivity contribution < 1.29 is 18.1 Å². The van der Waals surface area contributed by atoms with Gasteiger partial charge >= 0.3 is 0 Å². The topological polar surface area (TPSA) is 85.8 Å². The number of thiazole rings is 1. The third-order valence-electron chi connectivity index (χ3n) is 5.00. The van der Waals surface area contributed by atoms with Crippen LogP contribution in [0.2, 0.25) is 9.49 Å². The second kappa shape index (κ2) is 8.61. The fraction of sp³-hybridized carbons (Fsp3) is 0.200. The van der Waals surface area contributed by atoms with Gasteiger partial charge in [-0.1, -0.05) is 28.4 Å². The van der Waals surface area contributed by atoms with Gasteiger partial charge in [0.2, 0.25) is 0 Å². The second-order valence-corrected chi connectivity index (χ2v) is 9.18. The lowest BCUT2D eigenvalue weighted by Crippen LogP contribution is -2.27. The van der Waals surface area contributed by atoms with Crippen molar-refractivity contribution in [1.29, 1.82) is 0 Å². The second-order valence-electron chi connectivity index (χ2n) is 7.22. The molecular weight excluding hydrogens is 483 g/mol. The van der Waals surface area contributed by atoms with Gasteiger partial charge in [0.15, 0.2) is 16.7 Å². The van der Waals surface area contributed by atoms with Crippen LogP contribution in [0.4, 0.5) is 14.5 Å². The molecule has 1 aromatic carbocycles. The number of carbonyl (C=O) groups is 1. The molecule has 166 valence electrons. The van der Waals surface area contributed by atoms with Crippen LogP contribution in [-0.4, -0.2) is 25.8 Å². The first-order valence-electron chi connectivity index (χ1n) is 9.19. The zero-order valence-electron chi connectivity index (χ0n) is 16.7. The van der Waals surface area contributed by atoms with Crippen LogP contribution in [0.3, 0.4) is 0 Å². The summed E-state index contributed by atoms with van der Waals surface area (Å²) in [4.78, 5) is 16.6. The molecule has 0 bridgehead atoms. The lowest BCUT2D eigenvalue weighted by Gasteiger charge is -2.27. The summed E-state index contributed by atoms with van der Waals surface area (Å²) in [5.74, 6) is -2.37. The summed E-state index contributed by atoms with van der Waals surface area (Å²) in [7, 11) is 1.73. The zero-order valence-corrected chi connectivity index (χ0v) is 19.0. The Bertz CT molecular complexity index is 1270. The molecule has 12 heteroatoms. The molecule has 0 spiro atoms. The van der Waals surface area contributed by atoms with Gasteiger partial charge in [-0.25, -0.2) is 13.8 Å². The number of nitrogens with zero attached hydrogens (tertiary/aromatic N) is 4. The average molecular weight is 498 g/mol. The molecule has 3 heterocycles. The van der Waals surface area contributed by atoms with Crippen molar-refractivity contribution in [2.45, 2.75) is 18.8 Å². The van der Waals surface area contributed by atoms with Gasteiger partial charge in [-0.05, 0) is 25.5 Å². The predicted molar refractivity (Wildman–Crippen MR) is 116 cm³/mol. The number of aromatic nitrogens is 4. The van der Waals surface area contributed by atoms with E-state index >= 15 is 4.39 Å². The lowest BCUT2D eigenvalue weighted by atomic mass is 9.79. The Morgan fingerprint density at radius 3 is 2.69 bits per heavy atom. The highest BCUT2D eigenvalue weighted by Crippen LogP contribution is 2.42. The summed E-state index contributed by atoms with van der Waals surface area (Å²) in [6.45, 7) is 1.77. The molecule has 0 saturated carbocycles. The third kappa shape index (κ3) is 4.13. The number of nitrogens with one attached hydrogen (secondary N) is 1. The molecular formula is C20H15Cl2F2N5O2S. The minimum absolute atomic E-state index is 0.0393. The number of hydrogen-bond donors (Lipinski definition) is 1. The molecule has 3 aromatic heterocycles. The van der Waals surface area contributed by atoms with E-state index in [0.29, 0.717) is 10.6 Å². The smallest absolute Gasteiger partial charge is 0.277 e.